The number of hydrogen-bond acceptors (Lipinski definition) is 19. The van der Waals surface area contributed by atoms with Gasteiger partial charge in [-0.15, -0.1) is 0 Å². The van der Waals surface area contributed by atoms with Gasteiger partial charge in [0.25, 0.3) is 0 Å². The number of aliphatic hydroxyl groups excluding tert-OH is 1. The first-order valence-corrected chi connectivity index (χ1v) is 24.9. The third-order valence-corrected chi connectivity index (χ3v) is 9.45. The summed E-state index contributed by atoms with van der Waals surface area (Å²) in [5.41, 5.74) is 1.38. The highest BCUT2D eigenvalue weighted by Gasteiger charge is 2.06. The molecule has 402 valence electrons. The van der Waals surface area contributed by atoms with Crippen molar-refractivity contribution < 1.29 is 90.4 Å². The molecule has 0 aliphatic rings. The van der Waals surface area contributed by atoms with Crippen LogP contribution in [0.3, 0.4) is 0 Å². The second-order valence-electron chi connectivity index (χ2n) is 14.9. The molecule has 19 nitrogen and oxygen atoms in total. The number of unbranched alkanes of at least 4 members (excludes halogenated alkanes) is 1. The Hall–Kier alpha value is -2.22. The quantitative estimate of drug-likeness (QED) is 0.0942. The van der Waals surface area contributed by atoms with Gasteiger partial charge in [0, 0.05) is 5.39 Å². The lowest BCUT2D eigenvalue weighted by Gasteiger charge is -2.12. The second-order valence-corrected chi connectivity index (χ2v) is 14.9. The fourth-order valence-corrected chi connectivity index (χ4v) is 5.95. The lowest BCUT2D eigenvalue weighted by Crippen LogP contribution is -2.16. The summed E-state index contributed by atoms with van der Waals surface area (Å²) < 4.78 is 99.3. The van der Waals surface area contributed by atoms with Crippen molar-refractivity contribution in [3.8, 4) is 5.75 Å². The molecule has 0 fully saturated rings. The topological polar surface area (TPSA) is 186 Å². The number of ether oxygens (including phenoxy) is 18. The molecule has 0 unspecified atom stereocenters. The first kappa shape index (κ1) is 62.9. The summed E-state index contributed by atoms with van der Waals surface area (Å²) >= 11 is 0. The molecular formula is C50H88O19. The summed E-state index contributed by atoms with van der Waals surface area (Å²) in [5, 5.41) is 11.0. The lowest BCUT2D eigenvalue weighted by atomic mass is 10.00. The van der Waals surface area contributed by atoms with Gasteiger partial charge in [-0.1, -0.05) is 43.7 Å². The molecule has 19 heteroatoms. The number of fused-ring (bicyclic) bond motifs is 1. The van der Waals surface area contributed by atoms with E-state index in [2.05, 4.69) is 37.3 Å². The van der Waals surface area contributed by atoms with E-state index in [4.69, 9.17) is 90.4 Å². The van der Waals surface area contributed by atoms with Gasteiger partial charge < -0.3 is 90.4 Å². The predicted molar refractivity (Wildman–Crippen MR) is 259 cm³/mol. The van der Waals surface area contributed by atoms with Crippen LogP contribution in [0, 0.1) is 0 Å². The zero-order valence-corrected chi connectivity index (χ0v) is 41.8. The van der Waals surface area contributed by atoms with Gasteiger partial charge in [-0.3, -0.25) is 0 Å². The Bertz CT molecular complexity index is 1330. The van der Waals surface area contributed by atoms with Crippen LogP contribution < -0.4 is 4.74 Å². The molecular weight excluding hydrogens is 905 g/mol. The summed E-state index contributed by atoms with van der Waals surface area (Å²) in [6.07, 6.45) is 3.46. The summed E-state index contributed by atoms with van der Waals surface area (Å²) in [6, 6.07) is 12.7. The normalized spacial score (nSPS) is 11.7. The molecule has 2 aromatic rings. The largest absolute Gasteiger partial charge is 0.491 e. The molecule has 1 N–H and O–H groups in total. The van der Waals surface area contributed by atoms with Crippen molar-refractivity contribution in [2.75, 3.05) is 238 Å². The van der Waals surface area contributed by atoms with Crippen molar-refractivity contribution in [2.24, 2.45) is 0 Å². The molecule has 0 spiro atoms. The van der Waals surface area contributed by atoms with Crippen molar-refractivity contribution in [1.82, 2.24) is 0 Å². The van der Waals surface area contributed by atoms with E-state index in [9.17, 15) is 0 Å². The number of aryl methyl sites for hydroxylation is 1. The van der Waals surface area contributed by atoms with E-state index < -0.39 is 0 Å². The lowest BCUT2D eigenvalue weighted by molar-refractivity contribution is -0.0309. The van der Waals surface area contributed by atoms with Gasteiger partial charge in [0.1, 0.15) is 12.4 Å². The van der Waals surface area contributed by atoms with E-state index in [0.717, 1.165) is 17.6 Å². The molecule has 0 bridgehead atoms. The zero-order chi connectivity index (χ0) is 48.9. The third-order valence-electron chi connectivity index (χ3n) is 9.45. The van der Waals surface area contributed by atoms with Gasteiger partial charge in [-0.25, -0.2) is 0 Å². The van der Waals surface area contributed by atoms with Crippen molar-refractivity contribution >= 4 is 10.8 Å². The van der Waals surface area contributed by atoms with Crippen molar-refractivity contribution in [3.63, 3.8) is 0 Å². The van der Waals surface area contributed by atoms with Gasteiger partial charge in [-0.05, 0) is 29.9 Å². The Morgan fingerprint density at radius 1 is 0.290 bits per heavy atom. The summed E-state index contributed by atoms with van der Waals surface area (Å²) in [4.78, 5) is 0. The van der Waals surface area contributed by atoms with E-state index >= 15 is 0 Å². The maximum Gasteiger partial charge on any atom is 0.127 e. The van der Waals surface area contributed by atoms with Gasteiger partial charge in [0.15, 0.2) is 0 Å². The molecule has 0 saturated carbocycles. The number of benzene rings is 2. The molecule has 2 aromatic carbocycles. The molecule has 0 radical (unpaired) electrons. The zero-order valence-electron chi connectivity index (χ0n) is 41.8. The Kier molecular flexibility index (Phi) is 47.5. The molecule has 69 heavy (non-hydrogen) atoms. The highest BCUT2D eigenvalue weighted by Crippen LogP contribution is 2.29. The third kappa shape index (κ3) is 41.0. The summed E-state index contributed by atoms with van der Waals surface area (Å²) in [5.74, 6) is 0.898. The highest BCUT2D eigenvalue weighted by atomic mass is 16.6. The molecule has 0 heterocycles. The first-order valence-electron chi connectivity index (χ1n) is 24.9. The van der Waals surface area contributed by atoms with Crippen LogP contribution in [0.15, 0.2) is 36.4 Å². The standard InChI is InChI=1S/C50H88O19/c1-2-3-6-47-7-4-9-49-48(47)8-5-10-50(49)69-46-45-68-44-43-67-42-41-66-40-39-65-38-37-64-36-35-63-34-33-62-32-31-61-30-29-60-28-27-59-26-25-58-24-23-57-22-21-56-20-19-55-18-17-54-16-15-53-14-13-52-12-11-51/h4-5,7-10,51H,2-3,6,11-46H2,1H3. The minimum atomic E-state index is 0.0202. The average Bonchev–Trinajstić information content (AvgIpc) is 3.37. The van der Waals surface area contributed by atoms with Crippen LogP contribution in [-0.2, 0) is 86.9 Å². The van der Waals surface area contributed by atoms with Crippen LogP contribution in [0.4, 0.5) is 0 Å². The number of hydrogen-bond donors (Lipinski definition) is 1. The van der Waals surface area contributed by atoms with Crippen molar-refractivity contribution in [1.29, 1.82) is 0 Å². The van der Waals surface area contributed by atoms with Crippen molar-refractivity contribution in [2.45, 2.75) is 26.2 Å². The van der Waals surface area contributed by atoms with E-state index in [1.807, 2.05) is 6.07 Å². The van der Waals surface area contributed by atoms with E-state index in [1.165, 1.54) is 23.8 Å². The van der Waals surface area contributed by atoms with Crippen LogP contribution in [-0.4, -0.2) is 243 Å². The Labute approximate surface area is 412 Å². The van der Waals surface area contributed by atoms with Crippen LogP contribution in [0.5, 0.6) is 5.75 Å². The second kappa shape index (κ2) is 52.1. The molecule has 0 aliphatic heterocycles. The van der Waals surface area contributed by atoms with E-state index in [0.29, 0.717) is 231 Å². The minimum absolute atomic E-state index is 0.0202. The number of rotatable bonds is 57. The predicted octanol–water partition coefficient (Wildman–Crippen LogP) is 3.84. The highest BCUT2D eigenvalue weighted by molar-refractivity contribution is 5.91. The Balaban J connectivity index is 1.14. The monoisotopic (exact) mass is 993 g/mol. The molecule has 0 aliphatic carbocycles. The molecule has 0 saturated heterocycles. The molecule has 0 atom stereocenters. The molecule has 0 amide bonds. The average molecular weight is 993 g/mol. The maximum atomic E-state index is 8.61. The summed E-state index contributed by atoms with van der Waals surface area (Å²) in [6.45, 7) is 19.4. The Morgan fingerprint density at radius 3 is 0.812 bits per heavy atom. The fraction of sp³-hybridized carbons (Fsp3) is 0.800. The smallest absolute Gasteiger partial charge is 0.127 e. The minimum Gasteiger partial charge on any atom is -0.491 e. The van der Waals surface area contributed by atoms with Gasteiger partial charge >= 0.3 is 0 Å². The first-order chi connectivity index (χ1) is 34.4. The number of aliphatic hydroxyl groups is 1. The van der Waals surface area contributed by atoms with Crippen molar-refractivity contribution in [3.05, 3.63) is 42.0 Å². The van der Waals surface area contributed by atoms with Crippen LogP contribution >= 0.6 is 0 Å². The van der Waals surface area contributed by atoms with Crippen LogP contribution in [0.2, 0.25) is 0 Å². The van der Waals surface area contributed by atoms with E-state index in [-0.39, 0.29) is 6.61 Å². The molecule has 2 rings (SSSR count). The van der Waals surface area contributed by atoms with E-state index in [1.54, 1.807) is 0 Å². The fourth-order valence-electron chi connectivity index (χ4n) is 5.95. The summed E-state index contributed by atoms with van der Waals surface area (Å²) in [7, 11) is 0. The molecule has 0 aromatic heterocycles. The Morgan fingerprint density at radius 2 is 0.536 bits per heavy atom. The SMILES string of the molecule is CCCCc1cccc2c(OCCOCCOCCOCCOCCOCCOCCOCCOCCOCCOCCOCCOCCOCCOCCOCCOCCOCCO)cccc12. The van der Waals surface area contributed by atoms with Gasteiger partial charge in [-0.2, -0.15) is 0 Å². The van der Waals surface area contributed by atoms with Crippen LogP contribution in [0.1, 0.15) is 25.3 Å². The van der Waals surface area contributed by atoms with Crippen LogP contribution in [0.25, 0.3) is 10.8 Å². The maximum absolute atomic E-state index is 8.61. The van der Waals surface area contributed by atoms with Gasteiger partial charge in [0.2, 0.25) is 0 Å². The van der Waals surface area contributed by atoms with Gasteiger partial charge in [0.05, 0.1) is 231 Å².